The van der Waals surface area contributed by atoms with Crippen molar-refractivity contribution in [3.05, 3.63) is 70.7 Å². The minimum Gasteiger partial charge on any atom is -0.490 e. The van der Waals surface area contributed by atoms with Gasteiger partial charge in [-0.15, -0.1) is 5.92 Å². The molecule has 2 aliphatic rings. The maximum absolute atomic E-state index is 13.5. The highest BCUT2D eigenvalue weighted by molar-refractivity contribution is 5.77. The fourth-order valence-electron chi connectivity index (χ4n) is 5.75. The van der Waals surface area contributed by atoms with E-state index in [2.05, 4.69) is 43.6 Å². The predicted molar refractivity (Wildman–Crippen MR) is 156 cm³/mol. The second-order valence-corrected chi connectivity index (χ2v) is 10.8. The monoisotopic (exact) mass is 537 g/mol. The zero-order valence-corrected chi connectivity index (χ0v) is 23.1. The Balaban J connectivity index is 1.27. The second-order valence-electron chi connectivity index (χ2n) is 10.8. The SMILES string of the molecule is CC#Cc1cc2cnc(Nc3ccc(OC4CCN(C)CC4)cc3)nc2n(Cc2nccn2C2CCCC2)c1=O. The van der Waals surface area contributed by atoms with Crippen LogP contribution in [0.5, 0.6) is 5.75 Å². The number of fused-ring (bicyclic) bond motifs is 1. The van der Waals surface area contributed by atoms with Gasteiger partial charge in [0.05, 0.1) is 12.1 Å². The Labute approximate surface area is 234 Å². The molecule has 3 aromatic heterocycles. The average Bonchev–Trinajstić information content (AvgIpc) is 3.66. The van der Waals surface area contributed by atoms with Crippen LogP contribution in [0.1, 0.15) is 62.9 Å². The van der Waals surface area contributed by atoms with Crippen molar-refractivity contribution in [2.45, 2.75) is 64.1 Å². The van der Waals surface area contributed by atoms with Crippen LogP contribution in [0.3, 0.4) is 0 Å². The van der Waals surface area contributed by atoms with Crippen LogP contribution in [0.2, 0.25) is 0 Å². The number of benzene rings is 1. The zero-order chi connectivity index (χ0) is 27.5. The highest BCUT2D eigenvalue weighted by atomic mass is 16.5. The highest BCUT2D eigenvalue weighted by Crippen LogP contribution is 2.30. The molecule has 9 heteroatoms. The number of imidazole rings is 1. The molecule has 1 aromatic carbocycles. The molecule has 0 radical (unpaired) electrons. The summed E-state index contributed by atoms with van der Waals surface area (Å²) in [6, 6.07) is 10.1. The lowest BCUT2D eigenvalue weighted by molar-refractivity contribution is 0.114. The topological polar surface area (TPSA) is 90.1 Å². The summed E-state index contributed by atoms with van der Waals surface area (Å²) in [5.74, 6) is 7.94. The molecule has 1 N–H and O–H groups in total. The van der Waals surface area contributed by atoms with Crippen molar-refractivity contribution in [2.24, 2.45) is 0 Å². The molecule has 0 spiro atoms. The number of piperidine rings is 1. The van der Waals surface area contributed by atoms with Crippen LogP contribution < -0.4 is 15.6 Å². The Kier molecular flexibility index (Phi) is 7.51. The number of ether oxygens (including phenoxy) is 1. The van der Waals surface area contributed by atoms with Crippen LogP contribution in [-0.4, -0.2) is 55.2 Å². The number of pyridine rings is 1. The molecular weight excluding hydrogens is 502 g/mol. The molecule has 6 rings (SSSR count). The standard InChI is InChI=1S/C31H35N7O2/c1-3-6-22-19-23-20-33-31(34-24-9-11-26(12-10-24)40-27-13-16-36(2)17-14-27)35-29(23)38(30(22)39)21-28-32-15-18-37(28)25-7-4-5-8-25/h9-12,15,18-20,25,27H,4-5,7-8,13-14,16-17,21H2,1-2H3,(H,33,34,35). The molecule has 40 heavy (non-hydrogen) atoms. The molecule has 0 amide bonds. The number of anilines is 2. The Bertz CT molecular complexity index is 1600. The van der Waals surface area contributed by atoms with Crippen molar-refractivity contribution in [2.75, 3.05) is 25.5 Å². The van der Waals surface area contributed by atoms with Crippen molar-refractivity contribution in [3.8, 4) is 17.6 Å². The van der Waals surface area contributed by atoms with Crippen molar-refractivity contribution in [1.82, 2.24) is 29.0 Å². The van der Waals surface area contributed by atoms with E-state index < -0.39 is 0 Å². The van der Waals surface area contributed by atoms with Crippen LogP contribution in [0, 0.1) is 11.8 Å². The van der Waals surface area contributed by atoms with Crippen LogP contribution in [-0.2, 0) is 6.54 Å². The third-order valence-electron chi connectivity index (χ3n) is 7.93. The Hall–Kier alpha value is -4.16. The summed E-state index contributed by atoms with van der Waals surface area (Å²) in [6.45, 7) is 4.17. The van der Waals surface area contributed by atoms with Gasteiger partial charge in [-0.3, -0.25) is 9.36 Å². The van der Waals surface area contributed by atoms with Crippen molar-refractivity contribution >= 4 is 22.7 Å². The summed E-state index contributed by atoms with van der Waals surface area (Å²) in [5, 5.41) is 4.04. The number of nitrogens with zero attached hydrogens (tertiary/aromatic N) is 6. The van der Waals surface area contributed by atoms with Gasteiger partial charge in [-0.2, -0.15) is 4.98 Å². The highest BCUT2D eigenvalue weighted by Gasteiger charge is 2.21. The molecule has 4 heterocycles. The fourth-order valence-corrected chi connectivity index (χ4v) is 5.75. The van der Waals surface area contributed by atoms with Crippen molar-refractivity contribution < 1.29 is 4.74 Å². The maximum atomic E-state index is 13.5. The van der Waals surface area contributed by atoms with E-state index in [4.69, 9.17) is 9.72 Å². The molecule has 9 nitrogen and oxygen atoms in total. The van der Waals surface area contributed by atoms with Gasteiger partial charge in [0.1, 0.15) is 23.3 Å². The quantitative estimate of drug-likeness (QED) is 0.341. The van der Waals surface area contributed by atoms with Gasteiger partial charge < -0.3 is 19.5 Å². The number of rotatable bonds is 7. The van der Waals surface area contributed by atoms with E-state index in [-0.39, 0.29) is 11.7 Å². The van der Waals surface area contributed by atoms with Gasteiger partial charge in [0.25, 0.3) is 5.56 Å². The lowest BCUT2D eigenvalue weighted by Crippen LogP contribution is -2.35. The number of likely N-dealkylation sites (tertiary alicyclic amines) is 1. The molecule has 206 valence electrons. The molecule has 0 atom stereocenters. The minimum atomic E-state index is -0.178. The second kappa shape index (κ2) is 11.5. The summed E-state index contributed by atoms with van der Waals surface area (Å²) in [5.41, 5.74) is 1.64. The summed E-state index contributed by atoms with van der Waals surface area (Å²) in [7, 11) is 2.15. The third kappa shape index (κ3) is 5.58. The smallest absolute Gasteiger partial charge is 0.268 e. The number of aromatic nitrogens is 5. The summed E-state index contributed by atoms with van der Waals surface area (Å²) in [4.78, 5) is 29.8. The van der Waals surface area contributed by atoms with Gasteiger partial charge in [-0.1, -0.05) is 18.8 Å². The van der Waals surface area contributed by atoms with Gasteiger partial charge in [-0.25, -0.2) is 9.97 Å². The number of hydrogen-bond donors (Lipinski definition) is 1. The Morgan fingerprint density at radius 1 is 1.07 bits per heavy atom. The summed E-state index contributed by atoms with van der Waals surface area (Å²) < 4.78 is 10.1. The first kappa shape index (κ1) is 26.1. The first-order chi connectivity index (χ1) is 19.6. The molecule has 2 fully saturated rings. The van der Waals surface area contributed by atoms with E-state index in [0.717, 1.165) is 61.4 Å². The minimum absolute atomic E-state index is 0.178. The number of hydrogen-bond acceptors (Lipinski definition) is 7. The molecule has 0 unspecified atom stereocenters. The van der Waals surface area contributed by atoms with Gasteiger partial charge in [0.2, 0.25) is 5.95 Å². The Morgan fingerprint density at radius 2 is 1.85 bits per heavy atom. The molecule has 1 aliphatic heterocycles. The van der Waals surface area contributed by atoms with E-state index >= 15 is 0 Å². The van der Waals surface area contributed by atoms with E-state index in [1.165, 1.54) is 12.8 Å². The first-order valence-corrected chi connectivity index (χ1v) is 14.1. The van der Waals surface area contributed by atoms with Crippen LogP contribution in [0.25, 0.3) is 11.0 Å². The van der Waals surface area contributed by atoms with Crippen molar-refractivity contribution in [3.63, 3.8) is 0 Å². The molecule has 1 aliphatic carbocycles. The van der Waals surface area contributed by atoms with Gasteiger partial charge in [0, 0.05) is 48.8 Å². The molecular formula is C31H35N7O2. The lowest BCUT2D eigenvalue weighted by Gasteiger charge is -2.29. The predicted octanol–water partition coefficient (Wildman–Crippen LogP) is 4.74. The third-order valence-corrected chi connectivity index (χ3v) is 7.93. The van der Waals surface area contributed by atoms with Crippen molar-refractivity contribution in [1.29, 1.82) is 0 Å². The van der Waals surface area contributed by atoms with Gasteiger partial charge >= 0.3 is 0 Å². The van der Waals surface area contributed by atoms with E-state index in [0.29, 0.717) is 29.7 Å². The zero-order valence-electron chi connectivity index (χ0n) is 23.1. The molecule has 1 saturated carbocycles. The van der Waals surface area contributed by atoms with Gasteiger partial charge in [-0.05, 0) is 70.0 Å². The normalized spacial score (nSPS) is 16.6. The lowest BCUT2D eigenvalue weighted by atomic mass is 10.1. The fraction of sp³-hybridized carbons (Fsp3) is 0.419. The molecule has 0 bridgehead atoms. The maximum Gasteiger partial charge on any atom is 0.268 e. The average molecular weight is 538 g/mol. The van der Waals surface area contributed by atoms with E-state index in [1.807, 2.05) is 36.7 Å². The summed E-state index contributed by atoms with van der Waals surface area (Å²) >= 11 is 0. The number of nitrogens with one attached hydrogen (secondary N) is 1. The van der Waals surface area contributed by atoms with Gasteiger partial charge in [0.15, 0.2) is 0 Å². The molecule has 1 saturated heterocycles. The Morgan fingerprint density at radius 3 is 2.60 bits per heavy atom. The molecule has 4 aromatic rings. The van der Waals surface area contributed by atoms with E-state index in [1.54, 1.807) is 23.8 Å². The first-order valence-electron chi connectivity index (χ1n) is 14.1. The van der Waals surface area contributed by atoms with E-state index in [9.17, 15) is 4.79 Å². The largest absolute Gasteiger partial charge is 0.490 e. The van der Waals surface area contributed by atoms with Crippen LogP contribution in [0.15, 0.2) is 53.7 Å². The summed E-state index contributed by atoms with van der Waals surface area (Å²) in [6.07, 6.45) is 12.6. The van der Waals surface area contributed by atoms with Crippen LogP contribution >= 0.6 is 0 Å². The van der Waals surface area contributed by atoms with Crippen LogP contribution in [0.4, 0.5) is 11.6 Å².